The lowest BCUT2D eigenvalue weighted by Crippen LogP contribution is -2.04. The zero-order chi connectivity index (χ0) is 19.9. The summed E-state index contributed by atoms with van der Waals surface area (Å²) in [6.07, 6.45) is 3.35. The number of nitrogens with one attached hydrogen (secondary N) is 1. The lowest BCUT2D eigenvalue weighted by molar-refractivity contribution is 0.334. The number of halogens is 1. The molecule has 0 spiro atoms. The van der Waals surface area contributed by atoms with Gasteiger partial charge in [0.05, 0.1) is 18.2 Å². The maximum absolute atomic E-state index is 13.5. The molecule has 1 aromatic carbocycles. The van der Waals surface area contributed by atoms with Gasteiger partial charge in [-0.05, 0) is 39.0 Å². The summed E-state index contributed by atoms with van der Waals surface area (Å²) in [7, 11) is 0. The molecule has 2 heterocycles. The molecule has 146 valence electrons. The van der Waals surface area contributed by atoms with Crippen LogP contribution in [0.3, 0.4) is 0 Å². The number of aryl methyl sites for hydroxylation is 1. The van der Waals surface area contributed by atoms with Crippen LogP contribution >= 0.6 is 11.8 Å². The van der Waals surface area contributed by atoms with Crippen LogP contribution in [0.2, 0.25) is 0 Å². The minimum atomic E-state index is -0.290. The fraction of sp³-hybridized carbons (Fsp3) is 0.286. The van der Waals surface area contributed by atoms with Crippen LogP contribution in [0.25, 0.3) is 11.3 Å². The molecule has 1 atom stereocenters. The van der Waals surface area contributed by atoms with E-state index in [4.69, 9.17) is 4.74 Å². The molecule has 28 heavy (non-hydrogen) atoms. The average molecular weight is 399 g/mol. The number of nitrogens with zero attached hydrogens (tertiary/aromatic N) is 3. The van der Waals surface area contributed by atoms with Crippen LogP contribution in [0, 0.1) is 12.7 Å². The molecule has 3 rings (SSSR count). The van der Waals surface area contributed by atoms with E-state index in [1.54, 1.807) is 24.2 Å². The van der Waals surface area contributed by atoms with Crippen molar-refractivity contribution in [3.8, 4) is 17.0 Å². The quantitative estimate of drug-likeness (QED) is 0.523. The molecule has 7 heteroatoms. The number of hydrogen-bond donors (Lipinski definition) is 1. The molecular formula is C21H23FN4OS. The van der Waals surface area contributed by atoms with Gasteiger partial charge >= 0.3 is 0 Å². The summed E-state index contributed by atoms with van der Waals surface area (Å²) in [5.74, 6) is 1.70. The first-order valence-corrected chi connectivity index (χ1v) is 10.1. The van der Waals surface area contributed by atoms with Crippen molar-refractivity contribution in [2.75, 3.05) is 17.8 Å². The molecule has 0 amide bonds. The second-order valence-electron chi connectivity index (χ2n) is 6.22. The van der Waals surface area contributed by atoms with E-state index in [-0.39, 0.29) is 11.1 Å². The van der Waals surface area contributed by atoms with Crippen molar-refractivity contribution in [1.29, 1.82) is 0 Å². The molecule has 0 saturated carbocycles. The molecule has 3 aromatic rings. The van der Waals surface area contributed by atoms with Crippen LogP contribution in [0.1, 0.15) is 30.4 Å². The molecule has 0 radical (unpaired) electrons. The van der Waals surface area contributed by atoms with Crippen molar-refractivity contribution in [2.45, 2.75) is 26.0 Å². The van der Waals surface area contributed by atoms with Gasteiger partial charge in [-0.25, -0.2) is 14.4 Å². The van der Waals surface area contributed by atoms with E-state index in [9.17, 15) is 4.39 Å². The Kier molecular flexibility index (Phi) is 6.81. The van der Waals surface area contributed by atoms with Gasteiger partial charge in [0.1, 0.15) is 23.7 Å². The summed E-state index contributed by atoms with van der Waals surface area (Å²) in [5, 5.41) is 3.44. The number of hydrogen-bond acceptors (Lipinski definition) is 6. The van der Waals surface area contributed by atoms with E-state index in [1.807, 2.05) is 38.2 Å². The van der Waals surface area contributed by atoms with Crippen LogP contribution in [-0.2, 0) is 0 Å². The van der Waals surface area contributed by atoms with Gasteiger partial charge in [-0.15, -0.1) is 11.8 Å². The summed E-state index contributed by atoms with van der Waals surface area (Å²) < 4.78 is 19.1. The molecule has 0 saturated heterocycles. The Labute approximate surface area is 168 Å². The van der Waals surface area contributed by atoms with E-state index in [2.05, 4.69) is 27.2 Å². The number of aromatic nitrogens is 3. The van der Waals surface area contributed by atoms with Crippen molar-refractivity contribution in [2.24, 2.45) is 0 Å². The highest BCUT2D eigenvalue weighted by Crippen LogP contribution is 2.35. The van der Waals surface area contributed by atoms with E-state index < -0.39 is 0 Å². The molecule has 2 aromatic heterocycles. The minimum absolute atomic E-state index is 0.136. The first-order chi connectivity index (χ1) is 13.6. The third kappa shape index (κ3) is 5.19. The van der Waals surface area contributed by atoms with Crippen LogP contribution < -0.4 is 10.1 Å². The number of pyridine rings is 1. The molecular weight excluding hydrogens is 375 g/mol. The highest BCUT2D eigenvalue weighted by Gasteiger charge is 2.13. The van der Waals surface area contributed by atoms with E-state index >= 15 is 0 Å². The van der Waals surface area contributed by atoms with Crippen molar-refractivity contribution < 1.29 is 9.13 Å². The minimum Gasteiger partial charge on any atom is -0.493 e. The Bertz CT molecular complexity index is 921. The molecule has 0 aliphatic heterocycles. The number of benzene rings is 1. The Morgan fingerprint density at radius 2 is 2.00 bits per heavy atom. The van der Waals surface area contributed by atoms with Crippen LogP contribution in [-0.4, -0.2) is 27.4 Å². The van der Waals surface area contributed by atoms with Crippen LogP contribution in [0.4, 0.5) is 10.2 Å². The lowest BCUT2D eigenvalue weighted by Gasteiger charge is -2.17. The number of anilines is 1. The molecule has 0 bridgehead atoms. The lowest BCUT2D eigenvalue weighted by atomic mass is 10.1. The van der Waals surface area contributed by atoms with Gasteiger partial charge < -0.3 is 10.1 Å². The predicted molar refractivity (Wildman–Crippen MR) is 112 cm³/mol. The molecule has 5 nitrogen and oxygen atoms in total. The van der Waals surface area contributed by atoms with Gasteiger partial charge in [0.15, 0.2) is 0 Å². The monoisotopic (exact) mass is 398 g/mol. The largest absolute Gasteiger partial charge is 0.493 e. The normalized spacial score (nSPS) is 11.9. The summed E-state index contributed by atoms with van der Waals surface area (Å²) >= 11 is 1.69. The number of rotatable bonds is 8. The van der Waals surface area contributed by atoms with E-state index in [0.29, 0.717) is 18.2 Å². The zero-order valence-corrected chi connectivity index (χ0v) is 17.0. The van der Waals surface area contributed by atoms with E-state index in [0.717, 1.165) is 28.3 Å². The predicted octanol–water partition coefficient (Wildman–Crippen LogP) is 5.25. The second kappa shape index (κ2) is 9.50. The van der Waals surface area contributed by atoms with Crippen molar-refractivity contribution >= 4 is 17.6 Å². The molecule has 1 N–H and O–H groups in total. The van der Waals surface area contributed by atoms with Crippen molar-refractivity contribution in [1.82, 2.24) is 15.0 Å². The average Bonchev–Trinajstić information content (AvgIpc) is 2.69. The van der Waals surface area contributed by atoms with Gasteiger partial charge in [-0.3, -0.25) is 4.98 Å². The SMILES string of the molecule is CCOc1cc(F)ccc1[C@H](C)SCNc1cc(-c2ccc(C)nc2)ncn1. The topological polar surface area (TPSA) is 59.9 Å². The third-order valence-electron chi connectivity index (χ3n) is 4.17. The highest BCUT2D eigenvalue weighted by molar-refractivity contribution is 7.99. The first-order valence-electron chi connectivity index (χ1n) is 9.09. The van der Waals surface area contributed by atoms with Gasteiger partial charge in [0, 0.05) is 40.4 Å². The summed E-state index contributed by atoms with van der Waals surface area (Å²) in [6.45, 7) is 6.42. The third-order valence-corrected chi connectivity index (χ3v) is 5.24. The Morgan fingerprint density at radius 3 is 2.75 bits per heavy atom. The molecule has 0 aliphatic carbocycles. The Morgan fingerprint density at radius 1 is 1.14 bits per heavy atom. The molecule has 0 aliphatic rings. The summed E-state index contributed by atoms with van der Waals surface area (Å²) in [6, 6.07) is 10.5. The Balaban J connectivity index is 1.62. The zero-order valence-electron chi connectivity index (χ0n) is 16.1. The summed E-state index contributed by atoms with van der Waals surface area (Å²) in [4.78, 5) is 12.9. The number of ether oxygens (including phenoxy) is 1. The van der Waals surface area contributed by atoms with Crippen LogP contribution in [0.15, 0.2) is 48.9 Å². The van der Waals surface area contributed by atoms with E-state index in [1.165, 1.54) is 12.1 Å². The van der Waals surface area contributed by atoms with Crippen LogP contribution in [0.5, 0.6) is 5.75 Å². The highest BCUT2D eigenvalue weighted by atomic mass is 32.2. The van der Waals surface area contributed by atoms with Crippen molar-refractivity contribution in [3.05, 3.63) is 66.0 Å². The van der Waals surface area contributed by atoms with Crippen molar-refractivity contribution in [3.63, 3.8) is 0 Å². The molecule has 0 fully saturated rings. The van der Waals surface area contributed by atoms with Gasteiger partial charge in [-0.2, -0.15) is 0 Å². The number of thioether (sulfide) groups is 1. The Hall–Kier alpha value is -2.67. The summed E-state index contributed by atoms with van der Waals surface area (Å²) in [5.41, 5.74) is 3.71. The standard InChI is InChI=1S/C21H23FN4OS/c1-4-27-20-9-17(22)7-8-18(20)15(3)28-13-26-21-10-19(24-12-25-21)16-6-5-14(2)23-11-16/h5-12,15H,4,13H2,1-3H3,(H,24,25,26)/t15-/m0/s1. The first kappa shape index (κ1) is 20.1. The molecule has 0 unspecified atom stereocenters. The fourth-order valence-electron chi connectivity index (χ4n) is 2.69. The van der Waals surface area contributed by atoms with Gasteiger partial charge in [0.25, 0.3) is 0 Å². The maximum Gasteiger partial charge on any atom is 0.130 e. The second-order valence-corrected chi connectivity index (χ2v) is 7.55. The maximum atomic E-state index is 13.5. The smallest absolute Gasteiger partial charge is 0.130 e. The van der Waals surface area contributed by atoms with Gasteiger partial charge in [-0.1, -0.05) is 6.07 Å². The van der Waals surface area contributed by atoms with Gasteiger partial charge in [0.2, 0.25) is 0 Å². The fourth-order valence-corrected chi connectivity index (χ4v) is 3.54.